The van der Waals surface area contributed by atoms with Gasteiger partial charge in [0.25, 0.3) is 5.56 Å². The van der Waals surface area contributed by atoms with Crippen LogP contribution in [0, 0.1) is 11.8 Å². The highest BCUT2D eigenvalue weighted by Gasteiger charge is 2.48. The molecule has 0 radical (unpaired) electrons. The molecule has 1 fully saturated rings. The number of fused-ring (bicyclic) bond motifs is 3. The summed E-state index contributed by atoms with van der Waals surface area (Å²) in [7, 11) is 3.23. The second-order valence-electron chi connectivity index (χ2n) is 7.26. The normalized spacial score (nSPS) is 30.2. The molecule has 1 aliphatic heterocycles. The van der Waals surface area contributed by atoms with Gasteiger partial charge in [-0.05, 0) is 32.6 Å². The van der Waals surface area contributed by atoms with E-state index in [4.69, 9.17) is 4.74 Å². The zero-order valence-electron chi connectivity index (χ0n) is 13.5. The van der Waals surface area contributed by atoms with Crippen LogP contribution in [0.2, 0.25) is 0 Å². The van der Waals surface area contributed by atoms with Crippen LogP contribution < -0.4 is 16.0 Å². The summed E-state index contributed by atoms with van der Waals surface area (Å²) in [6.07, 6.45) is 3.20. The molecule has 1 aromatic rings. The summed E-state index contributed by atoms with van der Waals surface area (Å²) in [6.45, 7) is 6.42. The van der Waals surface area contributed by atoms with E-state index in [0.29, 0.717) is 23.3 Å². The highest BCUT2D eigenvalue weighted by molar-refractivity contribution is 5.34. The largest absolute Gasteiger partial charge is 0.472 e. The van der Waals surface area contributed by atoms with Crippen LogP contribution in [0.15, 0.2) is 9.59 Å². The molecule has 3 rings (SSSR count). The van der Waals surface area contributed by atoms with E-state index in [1.54, 1.807) is 14.1 Å². The van der Waals surface area contributed by atoms with Gasteiger partial charge in [-0.3, -0.25) is 13.9 Å². The van der Waals surface area contributed by atoms with Crippen LogP contribution in [0.1, 0.15) is 51.5 Å². The van der Waals surface area contributed by atoms with Gasteiger partial charge in [-0.1, -0.05) is 13.3 Å². The average Bonchev–Trinajstić information content (AvgIpc) is 2.43. The molecule has 0 spiro atoms. The van der Waals surface area contributed by atoms with Crippen molar-refractivity contribution in [3.63, 3.8) is 0 Å². The van der Waals surface area contributed by atoms with Gasteiger partial charge in [0.1, 0.15) is 5.60 Å². The minimum absolute atomic E-state index is 0.187. The van der Waals surface area contributed by atoms with Crippen LogP contribution in [-0.4, -0.2) is 14.7 Å². The van der Waals surface area contributed by atoms with E-state index in [0.717, 1.165) is 19.3 Å². The molecule has 1 aliphatic carbocycles. The third-order valence-corrected chi connectivity index (χ3v) is 5.38. The lowest BCUT2D eigenvalue weighted by atomic mass is 9.65. The number of hydrogen-bond acceptors (Lipinski definition) is 3. The van der Waals surface area contributed by atoms with Gasteiger partial charge in [0.05, 0.1) is 5.56 Å². The smallest absolute Gasteiger partial charge is 0.333 e. The SMILES string of the molecule is C[C@H]1CC[C@@H]2c3c(n(C)c(=O)n(C)c3=O)OC(C)(C)[C@H]2C1. The Morgan fingerprint density at radius 2 is 1.81 bits per heavy atom. The molecular formula is C16H24N2O3. The lowest BCUT2D eigenvalue weighted by molar-refractivity contribution is -0.0249. The molecule has 0 saturated heterocycles. The Morgan fingerprint density at radius 1 is 1.14 bits per heavy atom. The van der Waals surface area contributed by atoms with Crippen molar-refractivity contribution in [1.82, 2.24) is 9.13 Å². The Bertz CT molecular complexity index is 699. The first-order valence-electron chi connectivity index (χ1n) is 7.73. The molecule has 1 aromatic heterocycles. The molecule has 3 atom stereocenters. The fraction of sp³-hybridized carbons (Fsp3) is 0.750. The van der Waals surface area contributed by atoms with Crippen molar-refractivity contribution in [2.24, 2.45) is 25.9 Å². The summed E-state index contributed by atoms with van der Waals surface area (Å²) < 4.78 is 8.82. The monoisotopic (exact) mass is 292 g/mol. The van der Waals surface area contributed by atoms with E-state index < -0.39 is 0 Å². The van der Waals surface area contributed by atoms with E-state index in [2.05, 4.69) is 20.8 Å². The van der Waals surface area contributed by atoms with E-state index in [1.807, 2.05) is 0 Å². The van der Waals surface area contributed by atoms with Crippen LogP contribution in [0.5, 0.6) is 5.88 Å². The fourth-order valence-corrected chi connectivity index (χ4v) is 4.11. The van der Waals surface area contributed by atoms with Gasteiger partial charge in [-0.2, -0.15) is 0 Å². The van der Waals surface area contributed by atoms with Crippen LogP contribution in [0.4, 0.5) is 0 Å². The quantitative estimate of drug-likeness (QED) is 0.732. The second-order valence-corrected chi connectivity index (χ2v) is 7.26. The molecule has 1 saturated carbocycles. The first-order valence-corrected chi connectivity index (χ1v) is 7.73. The molecule has 2 aliphatic rings. The molecule has 0 N–H and O–H groups in total. The fourth-order valence-electron chi connectivity index (χ4n) is 4.11. The van der Waals surface area contributed by atoms with Crippen LogP contribution in [0.3, 0.4) is 0 Å². The summed E-state index contributed by atoms with van der Waals surface area (Å²) in [5, 5.41) is 0. The van der Waals surface area contributed by atoms with Crippen molar-refractivity contribution < 1.29 is 4.74 Å². The number of rotatable bonds is 0. The van der Waals surface area contributed by atoms with Crippen LogP contribution in [-0.2, 0) is 14.1 Å². The Morgan fingerprint density at radius 3 is 2.48 bits per heavy atom. The van der Waals surface area contributed by atoms with Crippen molar-refractivity contribution in [3.05, 3.63) is 26.4 Å². The van der Waals surface area contributed by atoms with Crippen LogP contribution >= 0.6 is 0 Å². The van der Waals surface area contributed by atoms with E-state index in [1.165, 1.54) is 9.13 Å². The van der Waals surface area contributed by atoms with E-state index in [9.17, 15) is 9.59 Å². The predicted molar refractivity (Wildman–Crippen MR) is 80.9 cm³/mol. The maximum absolute atomic E-state index is 12.6. The van der Waals surface area contributed by atoms with Crippen molar-refractivity contribution in [1.29, 1.82) is 0 Å². The topological polar surface area (TPSA) is 53.2 Å². The maximum atomic E-state index is 12.6. The van der Waals surface area contributed by atoms with E-state index >= 15 is 0 Å². The second kappa shape index (κ2) is 4.49. The Balaban J connectivity index is 2.27. The molecule has 5 heteroatoms. The van der Waals surface area contributed by atoms with Gasteiger partial charge < -0.3 is 4.74 Å². The van der Waals surface area contributed by atoms with Gasteiger partial charge >= 0.3 is 5.69 Å². The minimum atomic E-state index is -0.344. The molecule has 0 unspecified atom stereocenters. The molecule has 0 amide bonds. The number of ether oxygens (including phenoxy) is 1. The highest BCUT2D eigenvalue weighted by Crippen LogP contribution is 2.51. The van der Waals surface area contributed by atoms with E-state index in [-0.39, 0.29) is 22.8 Å². The standard InChI is InChI=1S/C16H24N2O3/c1-9-6-7-10-11(8-9)16(2,3)21-14-12(10)13(19)17(4)15(20)18(14)5/h9-11H,6-8H2,1-5H3/t9-,10-,11-/m0/s1. The zero-order valence-corrected chi connectivity index (χ0v) is 13.5. The Hall–Kier alpha value is -1.52. The third kappa shape index (κ3) is 1.97. The summed E-state index contributed by atoms with van der Waals surface area (Å²) in [5.74, 6) is 1.67. The lowest BCUT2D eigenvalue weighted by Gasteiger charge is -2.48. The summed E-state index contributed by atoms with van der Waals surface area (Å²) in [4.78, 5) is 24.7. The first kappa shape index (κ1) is 14.4. The van der Waals surface area contributed by atoms with Crippen LogP contribution in [0.25, 0.3) is 0 Å². The van der Waals surface area contributed by atoms with Gasteiger partial charge in [-0.25, -0.2) is 4.79 Å². The number of nitrogens with zero attached hydrogens (tertiary/aromatic N) is 2. The van der Waals surface area contributed by atoms with Crippen molar-refractivity contribution in [2.75, 3.05) is 0 Å². The molecule has 21 heavy (non-hydrogen) atoms. The Labute approximate surface area is 124 Å². The zero-order chi connectivity index (χ0) is 15.5. The summed E-state index contributed by atoms with van der Waals surface area (Å²) in [6, 6.07) is 0. The summed E-state index contributed by atoms with van der Waals surface area (Å²) in [5.41, 5.74) is -0.149. The van der Waals surface area contributed by atoms with Gasteiger partial charge in [0, 0.05) is 25.9 Å². The molecule has 116 valence electrons. The minimum Gasteiger partial charge on any atom is -0.472 e. The highest BCUT2D eigenvalue weighted by atomic mass is 16.5. The lowest BCUT2D eigenvalue weighted by Crippen LogP contribution is -2.52. The number of aromatic nitrogens is 2. The van der Waals surface area contributed by atoms with Gasteiger partial charge in [0.15, 0.2) is 0 Å². The maximum Gasteiger partial charge on any atom is 0.333 e. The molecule has 2 heterocycles. The molecule has 0 bridgehead atoms. The molecule has 5 nitrogen and oxygen atoms in total. The van der Waals surface area contributed by atoms with Crippen molar-refractivity contribution in [3.8, 4) is 5.88 Å². The summed E-state index contributed by atoms with van der Waals surface area (Å²) >= 11 is 0. The van der Waals surface area contributed by atoms with Gasteiger partial charge in [0.2, 0.25) is 5.88 Å². The first-order chi connectivity index (χ1) is 9.74. The van der Waals surface area contributed by atoms with Crippen molar-refractivity contribution >= 4 is 0 Å². The number of hydrogen-bond donors (Lipinski definition) is 0. The Kier molecular flexibility index (Phi) is 3.08. The molecular weight excluding hydrogens is 268 g/mol. The average molecular weight is 292 g/mol. The molecule has 0 aromatic carbocycles. The van der Waals surface area contributed by atoms with Crippen molar-refractivity contribution in [2.45, 2.75) is 51.6 Å². The van der Waals surface area contributed by atoms with Gasteiger partial charge in [-0.15, -0.1) is 0 Å². The third-order valence-electron chi connectivity index (χ3n) is 5.38. The predicted octanol–water partition coefficient (Wildman–Crippen LogP) is 1.77.